The minimum absolute atomic E-state index is 0.231. The van der Waals surface area contributed by atoms with E-state index in [1.54, 1.807) is 30.3 Å². The first-order valence-corrected chi connectivity index (χ1v) is 5.84. The van der Waals surface area contributed by atoms with Crippen molar-refractivity contribution in [3.05, 3.63) is 70.2 Å². The molecule has 2 aromatic rings. The van der Waals surface area contributed by atoms with Crippen molar-refractivity contribution in [1.29, 1.82) is 0 Å². The normalized spacial score (nSPS) is 12.2. The quantitative estimate of drug-likeness (QED) is 0.667. The number of hydrogen-bond acceptors (Lipinski definition) is 0. The fourth-order valence-electron chi connectivity index (χ4n) is 1.43. The Balaban J connectivity index is 2.41. The van der Waals surface area contributed by atoms with Gasteiger partial charge in [0.25, 0.3) is 0 Å². The van der Waals surface area contributed by atoms with Crippen molar-refractivity contribution in [1.82, 2.24) is 0 Å². The molecule has 0 spiro atoms. The standard InChI is InChI=1S/C14H9BrF2/c15-12-8-6-11(7-9-12)14(17)13(16)10-4-2-1-3-5-10/h1-9H/b14-13-. The van der Waals surface area contributed by atoms with E-state index in [0.717, 1.165) is 4.47 Å². The van der Waals surface area contributed by atoms with Gasteiger partial charge in [0.05, 0.1) is 0 Å². The van der Waals surface area contributed by atoms with E-state index in [2.05, 4.69) is 15.9 Å². The van der Waals surface area contributed by atoms with Gasteiger partial charge in [0.1, 0.15) is 0 Å². The minimum atomic E-state index is -0.844. The van der Waals surface area contributed by atoms with Gasteiger partial charge in [-0.3, -0.25) is 0 Å². The average molecular weight is 295 g/mol. The van der Waals surface area contributed by atoms with Crippen LogP contribution in [-0.4, -0.2) is 0 Å². The Morgan fingerprint density at radius 2 is 1.18 bits per heavy atom. The molecule has 0 N–H and O–H groups in total. The lowest BCUT2D eigenvalue weighted by molar-refractivity contribution is 0.700. The van der Waals surface area contributed by atoms with Crippen LogP contribution in [0.25, 0.3) is 11.7 Å². The van der Waals surface area contributed by atoms with E-state index in [1.165, 1.54) is 24.3 Å². The van der Waals surface area contributed by atoms with Crippen LogP contribution in [0.1, 0.15) is 11.1 Å². The summed E-state index contributed by atoms with van der Waals surface area (Å²) >= 11 is 3.24. The highest BCUT2D eigenvalue weighted by atomic mass is 79.9. The number of benzene rings is 2. The minimum Gasteiger partial charge on any atom is -0.203 e. The second kappa shape index (κ2) is 5.23. The maximum absolute atomic E-state index is 13.8. The molecular formula is C14H9BrF2. The molecule has 0 nitrogen and oxygen atoms in total. The van der Waals surface area contributed by atoms with Crippen LogP contribution < -0.4 is 0 Å². The van der Waals surface area contributed by atoms with Gasteiger partial charge in [0.2, 0.25) is 0 Å². The summed E-state index contributed by atoms with van der Waals surface area (Å²) in [6, 6.07) is 14.6. The van der Waals surface area contributed by atoms with Crippen molar-refractivity contribution >= 4 is 27.6 Å². The van der Waals surface area contributed by atoms with Crippen LogP contribution in [0.3, 0.4) is 0 Å². The lowest BCUT2D eigenvalue weighted by atomic mass is 10.1. The second-order valence-corrected chi connectivity index (χ2v) is 4.42. The molecule has 0 fully saturated rings. The fraction of sp³-hybridized carbons (Fsp3) is 0. The second-order valence-electron chi connectivity index (χ2n) is 3.50. The number of halogens is 3. The summed E-state index contributed by atoms with van der Waals surface area (Å²) in [6.45, 7) is 0. The summed E-state index contributed by atoms with van der Waals surface area (Å²) < 4.78 is 28.5. The fourth-order valence-corrected chi connectivity index (χ4v) is 1.70. The highest BCUT2D eigenvalue weighted by molar-refractivity contribution is 9.10. The topological polar surface area (TPSA) is 0 Å². The van der Waals surface area contributed by atoms with Crippen LogP contribution in [0, 0.1) is 0 Å². The Bertz CT molecular complexity index is 530. The summed E-state index contributed by atoms with van der Waals surface area (Å²) in [5.74, 6) is -1.68. The highest BCUT2D eigenvalue weighted by Crippen LogP contribution is 2.29. The third-order valence-electron chi connectivity index (χ3n) is 2.32. The smallest absolute Gasteiger partial charge is 0.166 e. The van der Waals surface area contributed by atoms with E-state index in [0.29, 0.717) is 0 Å². The van der Waals surface area contributed by atoms with Crippen LogP contribution in [0.4, 0.5) is 8.78 Å². The predicted octanol–water partition coefficient (Wildman–Crippen LogP) is 5.21. The van der Waals surface area contributed by atoms with Gasteiger partial charge in [-0.25, -0.2) is 8.78 Å². The first-order chi connectivity index (χ1) is 8.18. The molecule has 0 aromatic heterocycles. The van der Waals surface area contributed by atoms with Crippen molar-refractivity contribution in [2.75, 3.05) is 0 Å². The van der Waals surface area contributed by atoms with E-state index >= 15 is 0 Å². The highest BCUT2D eigenvalue weighted by Gasteiger charge is 2.10. The summed E-state index contributed by atoms with van der Waals surface area (Å²) in [6.07, 6.45) is 0. The van der Waals surface area contributed by atoms with E-state index in [4.69, 9.17) is 0 Å². The zero-order valence-electron chi connectivity index (χ0n) is 8.83. The molecule has 2 aromatic carbocycles. The zero-order chi connectivity index (χ0) is 12.3. The average Bonchev–Trinajstić information content (AvgIpc) is 2.39. The van der Waals surface area contributed by atoms with Gasteiger partial charge >= 0.3 is 0 Å². The first kappa shape index (κ1) is 12.0. The number of rotatable bonds is 2. The maximum atomic E-state index is 13.8. The van der Waals surface area contributed by atoms with Crippen molar-refractivity contribution in [2.24, 2.45) is 0 Å². The summed E-state index contributed by atoms with van der Waals surface area (Å²) in [5, 5.41) is 0. The van der Waals surface area contributed by atoms with Crippen LogP contribution in [0.5, 0.6) is 0 Å². The molecule has 0 unspecified atom stereocenters. The molecule has 3 heteroatoms. The van der Waals surface area contributed by atoms with Gasteiger partial charge < -0.3 is 0 Å². The summed E-state index contributed by atoms with van der Waals surface area (Å²) in [7, 11) is 0. The molecule has 0 aliphatic carbocycles. The molecule has 0 heterocycles. The summed E-state index contributed by atoms with van der Waals surface area (Å²) in [4.78, 5) is 0. The molecule has 0 bridgehead atoms. The van der Waals surface area contributed by atoms with Crippen molar-refractivity contribution in [3.8, 4) is 0 Å². The summed E-state index contributed by atoms with van der Waals surface area (Å²) in [5.41, 5.74) is 0.475. The van der Waals surface area contributed by atoms with Gasteiger partial charge in [0.15, 0.2) is 11.7 Å². The molecule has 2 rings (SSSR count). The predicted molar refractivity (Wildman–Crippen MR) is 69.6 cm³/mol. The maximum Gasteiger partial charge on any atom is 0.166 e. The first-order valence-electron chi connectivity index (χ1n) is 5.05. The lowest BCUT2D eigenvalue weighted by Crippen LogP contribution is -1.83. The number of hydrogen-bond donors (Lipinski definition) is 0. The Hall–Kier alpha value is -1.48. The lowest BCUT2D eigenvalue weighted by Gasteiger charge is -2.02. The molecule has 0 aliphatic rings. The SMILES string of the molecule is F/C(=C(\F)c1ccc(Br)cc1)c1ccccc1. The van der Waals surface area contributed by atoms with Gasteiger partial charge in [-0.15, -0.1) is 0 Å². The molecule has 17 heavy (non-hydrogen) atoms. The van der Waals surface area contributed by atoms with E-state index in [1.807, 2.05) is 0 Å². The third-order valence-corrected chi connectivity index (χ3v) is 2.85. The van der Waals surface area contributed by atoms with E-state index < -0.39 is 11.7 Å². The third kappa shape index (κ3) is 2.80. The Morgan fingerprint density at radius 1 is 0.706 bits per heavy atom. The molecule has 86 valence electrons. The van der Waals surface area contributed by atoms with Crippen LogP contribution >= 0.6 is 15.9 Å². The molecule has 0 atom stereocenters. The molecule has 0 aliphatic heterocycles. The van der Waals surface area contributed by atoms with Crippen LogP contribution in [0.15, 0.2) is 59.1 Å². The van der Waals surface area contributed by atoms with Crippen molar-refractivity contribution in [2.45, 2.75) is 0 Å². The Labute approximate surface area is 107 Å². The monoisotopic (exact) mass is 294 g/mol. The van der Waals surface area contributed by atoms with Crippen molar-refractivity contribution < 1.29 is 8.78 Å². The molecule has 0 radical (unpaired) electrons. The van der Waals surface area contributed by atoms with E-state index in [-0.39, 0.29) is 11.1 Å². The molecule has 0 saturated heterocycles. The van der Waals surface area contributed by atoms with Gasteiger partial charge in [-0.05, 0) is 12.1 Å². The van der Waals surface area contributed by atoms with Gasteiger partial charge in [0, 0.05) is 15.6 Å². The zero-order valence-corrected chi connectivity index (χ0v) is 10.4. The van der Waals surface area contributed by atoms with E-state index in [9.17, 15) is 8.78 Å². The van der Waals surface area contributed by atoms with Crippen molar-refractivity contribution in [3.63, 3.8) is 0 Å². The molecular weight excluding hydrogens is 286 g/mol. The van der Waals surface area contributed by atoms with Gasteiger partial charge in [-0.1, -0.05) is 58.4 Å². The molecule has 0 saturated carbocycles. The van der Waals surface area contributed by atoms with Crippen LogP contribution in [-0.2, 0) is 0 Å². The molecule has 0 amide bonds. The van der Waals surface area contributed by atoms with Gasteiger partial charge in [-0.2, -0.15) is 0 Å². The Morgan fingerprint density at radius 3 is 1.71 bits per heavy atom. The van der Waals surface area contributed by atoms with Crippen LogP contribution in [0.2, 0.25) is 0 Å². The Kier molecular flexibility index (Phi) is 3.69. The largest absolute Gasteiger partial charge is 0.203 e.